The maximum Gasteiger partial charge on any atom is 0.416 e. The third kappa shape index (κ3) is 3.96. The lowest BCUT2D eigenvalue weighted by atomic mass is 10.1. The molecule has 0 spiro atoms. The van der Waals surface area contributed by atoms with Crippen molar-refractivity contribution in [2.24, 2.45) is 0 Å². The van der Waals surface area contributed by atoms with Crippen LogP contribution in [0.5, 0.6) is 0 Å². The molecule has 2 aromatic rings. The highest BCUT2D eigenvalue weighted by Gasteiger charge is 2.31. The lowest BCUT2D eigenvalue weighted by Gasteiger charge is -2.19. The summed E-state index contributed by atoms with van der Waals surface area (Å²) < 4.78 is 63.9. The van der Waals surface area contributed by atoms with Crippen LogP contribution < -0.4 is 0 Å². The van der Waals surface area contributed by atoms with E-state index in [0.717, 1.165) is 45.3 Å². The zero-order valence-corrected chi connectivity index (χ0v) is 14.4. The van der Waals surface area contributed by atoms with Gasteiger partial charge in [-0.05, 0) is 49.2 Å². The number of alkyl halides is 3. The fourth-order valence-electron chi connectivity index (χ4n) is 2.34. The Kier molecular flexibility index (Phi) is 5.05. The summed E-state index contributed by atoms with van der Waals surface area (Å²) in [5.41, 5.74) is 2.01. The molecule has 0 N–H and O–H groups in total. The molecule has 0 aromatic heterocycles. The molecule has 0 aliphatic carbocycles. The number of hydrogen-bond acceptors (Lipinski definition) is 2. The average Bonchev–Trinajstić information content (AvgIpc) is 2.49. The van der Waals surface area contributed by atoms with Crippen LogP contribution in [-0.4, -0.2) is 19.8 Å². The van der Waals surface area contributed by atoms with Crippen LogP contribution in [0.2, 0.25) is 0 Å². The van der Waals surface area contributed by atoms with Crippen LogP contribution in [0.3, 0.4) is 0 Å². The lowest BCUT2D eigenvalue weighted by molar-refractivity contribution is -0.137. The maximum absolute atomic E-state index is 12.6. The van der Waals surface area contributed by atoms with Gasteiger partial charge in [0, 0.05) is 13.6 Å². The fourth-order valence-corrected chi connectivity index (χ4v) is 3.49. The van der Waals surface area contributed by atoms with Gasteiger partial charge in [0.25, 0.3) is 0 Å². The molecule has 2 rings (SSSR count). The van der Waals surface area contributed by atoms with Gasteiger partial charge in [-0.1, -0.05) is 23.8 Å². The molecule has 0 saturated heterocycles. The van der Waals surface area contributed by atoms with Crippen LogP contribution in [0.1, 0.15) is 22.3 Å². The Morgan fingerprint density at radius 2 is 1.58 bits per heavy atom. The number of sulfonamides is 1. The van der Waals surface area contributed by atoms with Crippen molar-refractivity contribution in [1.82, 2.24) is 4.31 Å². The predicted octanol–water partition coefficient (Wildman–Crippen LogP) is 4.14. The Hall–Kier alpha value is -1.86. The number of benzene rings is 2. The summed E-state index contributed by atoms with van der Waals surface area (Å²) >= 11 is 0. The Morgan fingerprint density at radius 1 is 1.00 bits per heavy atom. The molecule has 0 unspecified atom stereocenters. The molecular formula is C17H18F3NO2S. The van der Waals surface area contributed by atoms with E-state index in [4.69, 9.17) is 0 Å². The molecule has 0 bridgehead atoms. The molecule has 7 heteroatoms. The second-order valence-corrected chi connectivity index (χ2v) is 7.76. The van der Waals surface area contributed by atoms with E-state index in [1.807, 2.05) is 32.0 Å². The van der Waals surface area contributed by atoms with Crippen LogP contribution in [0.15, 0.2) is 47.4 Å². The van der Waals surface area contributed by atoms with Crippen molar-refractivity contribution in [3.8, 4) is 0 Å². The molecule has 0 aliphatic rings. The van der Waals surface area contributed by atoms with Gasteiger partial charge in [-0.15, -0.1) is 0 Å². The van der Waals surface area contributed by atoms with Crippen molar-refractivity contribution in [3.63, 3.8) is 0 Å². The molecule has 0 fully saturated rings. The van der Waals surface area contributed by atoms with Gasteiger partial charge >= 0.3 is 6.18 Å². The second kappa shape index (κ2) is 6.57. The Bertz CT molecular complexity index is 828. The zero-order chi connectivity index (χ0) is 18.1. The first-order valence-electron chi connectivity index (χ1n) is 7.21. The van der Waals surface area contributed by atoms with Gasteiger partial charge < -0.3 is 0 Å². The molecule has 0 saturated carbocycles. The lowest BCUT2D eigenvalue weighted by Crippen LogP contribution is -2.27. The van der Waals surface area contributed by atoms with Gasteiger partial charge in [-0.2, -0.15) is 17.5 Å². The molecule has 3 nitrogen and oxygen atoms in total. The summed E-state index contributed by atoms with van der Waals surface area (Å²) in [5, 5.41) is 0. The van der Waals surface area contributed by atoms with Crippen molar-refractivity contribution in [2.45, 2.75) is 31.5 Å². The van der Waals surface area contributed by atoms with Crippen LogP contribution in [-0.2, 0) is 22.7 Å². The summed E-state index contributed by atoms with van der Waals surface area (Å²) in [6.45, 7) is 3.98. The van der Waals surface area contributed by atoms with Crippen molar-refractivity contribution in [2.75, 3.05) is 7.05 Å². The van der Waals surface area contributed by atoms with Gasteiger partial charge in [0.05, 0.1) is 10.5 Å². The van der Waals surface area contributed by atoms with Crippen LogP contribution in [0.25, 0.3) is 0 Å². The predicted molar refractivity (Wildman–Crippen MR) is 86.0 cm³/mol. The molecule has 2 aromatic carbocycles. The molecule has 0 amide bonds. The average molecular weight is 357 g/mol. The van der Waals surface area contributed by atoms with E-state index in [9.17, 15) is 21.6 Å². The van der Waals surface area contributed by atoms with Crippen molar-refractivity contribution < 1.29 is 21.6 Å². The van der Waals surface area contributed by atoms with Crippen molar-refractivity contribution in [3.05, 3.63) is 64.7 Å². The number of halogens is 3. The third-order valence-corrected chi connectivity index (χ3v) is 5.60. The molecular weight excluding hydrogens is 339 g/mol. The number of rotatable bonds is 4. The fraction of sp³-hybridized carbons (Fsp3) is 0.294. The summed E-state index contributed by atoms with van der Waals surface area (Å²) in [5.74, 6) is 0. The first-order chi connectivity index (χ1) is 11.0. The van der Waals surface area contributed by atoms with Crippen LogP contribution in [0, 0.1) is 13.8 Å². The molecule has 130 valence electrons. The summed E-state index contributed by atoms with van der Waals surface area (Å²) in [6.07, 6.45) is -4.49. The molecule has 0 aliphatic heterocycles. The highest BCUT2D eigenvalue weighted by Crippen LogP contribution is 2.30. The Balaban J connectivity index is 2.26. The normalized spacial score (nSPS) is 12.6. The van der Waals surface area contributed by atoms with E-state index in [-0.39, 0.29) is 11.4 Å². The highest BCUT2D eigenvalue weighted by atomic mass is 32.2. The van der Waals surface area contributed by atoms with E-state index in [2.05, 4.69) is 0 Å². The van der Waals surface area contributed by atoms with Gasteiger partial charge in [-0.3, -0.25) is 0 Å². The van der Waals surface area contributed by atoms with Gasteiger partial charge in [0.15, 0.2) is 0 Å². The largest absolute Gasteiger partial charge is 0.416 e. The second-order valence-electron chi connectivity index (χ2n) is 5.71. The number of hydrogen-bond donors (Lipinski definition) is 0. The standard InChI is InChI=1S/C17H18F3NO2S/c1-12-4-5-14(13(2)10-12)11-21(3)24(22,23)16-8-6-15(7-9-16)17(18,19)20/h4-10H,11H2,1-3H3. The first kappa shape index (κ1) is 18.5. The molecule has 0 atom stereocenters. The molecule has 24 heavy (non-hydrogen) atoms. The quantitative estimate of drug-likeness (QED) is 0.825. The Morgan fingerprint density at radius 3 is 2.08 bits per heavy atom. The van der Waals surface area contributed by atoms with Gasteiger partial charge in [0.2, 0.25) is 10.0 Å². The SMILES string of the molecule is Cc1ccc(CN(C)S(=O)(=O)c2ccc(C(F)(F)F)cc2)c(C)c1. The molecule has 0 heterocycles. The Labute approximate surface area is 139 Å². The monoisotopic (exact) mass is 357 g/mol. The van der Waals surface area contributed by atoms with E-state index in [1.165, 1.54) is 7.05 Å². The first-order valence-corrected chi connectivity index (χ1v) is 8.65. The summed E-state index contributed by atoms with van der Waals surface area (Å²) in [7, 11) is -2.45. The smallest absolute Gasteiger partial charge is 0.207 e. The van der Waals surface area contributed by atoms with Gasteiger partial charge in [0.1, 0.15) is 0 Å². The highest BCUT2D eigenvalue weighted by molar-refractivity contribution is 7.89. The minimum Gasteiger partial charge on any atom is -0.207 e. The number of aryl methyl sites for hydroxylation is 2. The minimum absolute atomic E-state index is 0.148. The van der Waals surface area contributed by atoms with Crippen LogP contribution >= 0.6 is 0 Å². The molecule has 0 radical (unpaired) electrons. The number of nitrogens with zero attached hydrogens (tertiary/aromatic N) is 1. The van der Waals surface area contributed by atoms with E-state index < -0.39 is 21.8 Å². The van der Waals surface area contributed by atoms with Gasteiger partial charge in [-0.25, -0.2) is 8.42 Å². The minimum atomic E-state index is -4.49. The van der Waals surface area contributed by atoms with Crippen molar-refractivity contribution >= 4 is 10.0 Å². The maximum atomic E-state index is 12.6. The third-order valence-electron chi connectivity index (χ3n) is 3.78. The van der Waals surface area contributed by atoms with E-state index >= 15 is 0 Å². The summed E-state index contributed by atoms with van der Waals surface area (Å²) in [6, 6.07) is 9.21. The van der Waals surface area contributed by atoms with Crippen molar-refractivity contribution in [1.29, 1.82) is 0 Å². The summed E-state index contributed by atoms with van der Waals surface area (Å²) in [4.78, 5) is -0.164. The zero-order valence-electron chi connectivity index (χ0n) is 13.6. The van der Waals surface area contributed by atoms with E-state index in [1.54, 1.807) is 0 Å². The van der Waals surface area contributed by atoms with Crippen LogP contribution in [0.4, 0.5) is 13.2 Å². The topological polar surface area (TPSA) is 37.4 Å². The van der Waals surface area contributed by atoms with E-state index in [0.29, 0.717) is 0 Å².